The highest BCUT2D eigenvalue weighted by atomic mass is 32.2. The Bertz CT molecular complexity index is 1500. The van der Waals surface area contributed by atoms with E-state index < -0.39 is 15.8 Å². The maximum atomic E-state index is 13.6. The number of hydrogen-bond acceptors (Lipinski definition) is 6. The lowest BCUT2D eigenvalue weighted by Gasteiger charge is -2.35. The fourth-order valence-electron chi connectivity index (χ4n) is 4.63. The summed E-state index contributed by atoms with van der Waals surface area (Å²) in [6.45, 7) is 5.51. The van der Waals surface area contributed by atoms with Crippen molar-refractivity contribution in [3.05, 3.63) is 69.3 Å². The highest BCUT2D eigenvalue weighted by Crippen LogP contribution is 2.31. The zero-order valence-corrected chi connectivity index (χ0v) is 21.0. The van der Waals surface area contributed by atoms with Crippen molar-refractivity contribution in [1.29, 1.82) is 5.26 Å². The molecule has 184 valence electrons. The summed E-state index contributed by atoms with van der Waals surface area (Å²) >= 11 is 0. The third-order valence-electron chi connectivity index (χ3n) is 6.48. The van der Waals surface area contributed by atoms with Gasteiger partial charge in [0.1, 0.15) is 17.7 Å². The van der Waals surface area contributed by atoms with Crippen LogP contribution >= 0.6 is 0 Å². The van der Waals surface area contributed by atoms with Crippen molar-refractivity contribution >= 4 is 32.3 Å². The van der Waals surface area contributed by atoms with E-state index in [1.165, 1.54) is 28.8 Å². The van der Waals surface area contributed by atoms with Crippen LogP contribution in [-0.4, -0.2) is 49.7 Å². The van der Waals surface area contributed by atoms with Gasteiger partial charge in [0.2, 0.25) is 10.0 Å². The first-order chi connectivity index (χ1) is 16.5. The Morgan fingerprint density at radius 2 is 1.77 bits per heavy atom. The number of rotatable bonds is 5. The average molecular weight is 498 g/mol. The predicted molar refractivity (Wildman–Crippen MR) is 136 cm³/mol. The van der Waals surface area contributed by atoms with Crippen LogP contribution in [0.1, 0.15) is 29.7 Å². The van der Waals surface area contributed by atoms with Crippen LogP contribution in [0.2, 0.25) is 0 Å². The summed E-state index contributed by atoms with van der Waals surface area (Å²) in [5.41, 5.74) is 2.38. The Kier molecular flexibility index (Phi) is 6.58. The molecule has 0 saturated carbocycles. The van der Waals surface area contributed by atoms with Gasteiger partial charge < -0.3 is 10.2 Å². The molecule has 8 nitrogen and oxygen atoms in total. The van der Waals surface area contributed by atoms with E-state index in [0.717, 1.165) is 16.5 Å². The molecule has 1 aliphatic heterocycles. The molecule has 35 heavy (non-hydrogen) atoms. The van der Waals surface area contributed by atoms with Gasteiger partial charge in [0.25, 0.3) is 5.56 Å². The van der Waals surface area contributed by atoms with Gasteiger partial charge in [-0.3, -0.25) is 9.36 Å². The normalized spacial score (nSPS) is 15.7. The highest BCUT2D eigenvalue weighted by molar-refractivity contribution is 7.88. The number of fused-ring (bicyclic) bond motifs is 1. The molecule has 1 fully saturated rings. The van der Waals surface area contributed by atoms with E-state index >= 15 is 0 Å². The van der Waals surface area contributed by atoms with Crippen molar-refractivity contribution in [3.63, 3.8) is 0 Å². The lowest BCUT2D eigenvalue weighted by molar-refractivity contribution is 0.385. The van der Waals surface area contributed by atoms with Crippen molar-refractivity contribution in [1.82, 2.24) is 8.87 Å². The summed E-state index contributed by atoms with van der Waals surface area (Å²) in [5.74, 6) is 0.234. The number of sulfonamides is 1. The molecule has 1 saturated heterocycles. The van der Waals surface area contributed by atoms with Crippen LogP contribution in [-0.2, 0) is 17.1 Å². The fourth-order valence-corrected chi connectivity index (χ4v) is 5.46. The topological polar surface area (TPSA) is 98.4 Å². The first kappa shape index (κ1) is 24.7. The maximum absolute atomic E-state index is 13.6. The van der Waals surface area contributed by atoms with Crippen LogP contribution in [0, 0.1) is 24.1 Å². The Morgan fingerprint density at radius 1 is 1.09 bits per heavy atom. The summed E-state index contributed by atoms with van der Waals surface area (Å²) in [7, 11) is -1.54. The molecule has 2 heterocycles. The number of anilines is 2. The molecule has 0 unspecified atom stereocenters. The summed E-state index contributed by atoms with van der Waals surface area (Å²) in [4.78, 5) is 15.4. The number of benzene rings is 2. The van der Waals surface area contributed by atoms with Crippen LogP contribution in [0.15, 0.2) is 41.2 Å². The molecule has 1 aromatic heterocycles. The van der Waals surface area contributed by atoms with Gasteiger partial charge >= 0.3 is 0 Å². The molecule has 0 radical (unpaired) electrons. The Labute approximate surface area is 204 Å². The second kappa shape index (κ2) is 9.32. The van der Waals surface area contributed by atoms with E-state index in [1.54, 1.807) is 11.6 Å². The molecular formula is C25H28FN5O3S. The van der Waals surface area contributed by atoms with Gasteiger partial charge in [0.15, 0.2) is 0 Å². The standard InChI is InChI=1S/C25H28FN5O3S/c1-16-11-20(17(2)28-23-6-5-19(26)13-18(23)15-27)21-14-24(29(3)25(32)22(21)12-16)30-7-9-31(10-8-30)35(4,33)34/h5-6,11-14,17,28H,7-10H2,1-4H3/t17-/m1/s1. The van der Waals surface area contributed by atoms with Crippen LogP contribution in [0.3, 0.4) is 0 Å². The fraction of sp³-hybridized carbons (Fsp3) is 0.360. The van der Waals surface area contributed by atoms with Crippen LogP contribution in [0.25, 0.3) is 10.8 Å². The summed E-state index contributed by atoms with van der Waals surface area (Å²) in [5, 5.41) is 14.1. The van der Waals surface area contributed by atoms with E-state index in [2.05, 4.69) is 5.32 Å². The van der Waals surface area contributed by atoms with Gasteiger partial charge in [0, 0.05) is 44.7 Å². The summed E-state index contributed by atoms with van der Waals surface area (Å²) in [6, 6.07) is 11.6. The van der Waals surface area contributed by atoms with Gasteiger partial charge in [-0.25, -0.2) is 12.8 Å². The van der Waals surface area contributed by atoms with Gasteiger partial charge in [0.05, 0.1) is 17.5 Å². The average Bonchev–Trinajstić information content (AvgIpc) is 2.81. The van der Waals surface area contributed by atoms with Gasteiger partial charge in [-0.15, -0.1) is 0 Å². The van der Waals surface area contributed by atoms with E-state index in [4.69, 9.17) is 0 Å². The molecule has 1 atom stereocenters. The first-order valence-corrected chi connectivity index (χ1v) is 13.1. The van der Waals surface area contributed by atoms with Gasteiger partial charge in [-0.05, 0) is 60.7 Å². The number of pyridine rings is 1. The summed E-state index contributed by atoms with van der Waals surface area (Å²) < 4.78 is 40.4. The van der Waals surface area contributed by atoms with E-state index in [-0.39, 0.29) is 17.2 Å². The molecule has 3 aromatic rings. The third kappa shape index (κ3) is 4.88. The van der Waals surface area contributed by atoms with Gasteiger partial charge in [-0.2, -0.15) is 9.57 Å². The molecule has 1 aliphatic rings. The molecule has 0 aliphatic carbocycles. The molecule has 10 heteroatoms. The number of piperazine rings is 1. The number of nitrogens with one attached hydrogen (secondary N) is 1. The SMILES string of the molecule is Cc1cc([C@@H](C)Nc2ccc(F)cc2C#N)c2cc(N3CCN(S(C)(=O)=O)CC3)n(C)c(=O)c2c1. The van der Waals surface area contributed by atoms with Crippen LogP contribution in [0.5, 0.6) is 0 Å². The van der Waals surface area contributed by atoms with Crippen molar-refractivity contribution in [2.75, 3.05) is 42.7 Å². The minimum absolute atomic E-state index is 0.139. The van der Waals surface area contributed by atoms with Crippen LogP contribution < -0.4 is 15.8 Å². The molecular weight excluding hydrogens is 469 g/mol. The van der Waals surface area contributed by atoms with E-state index in [9.17, 15) is 22.9 Å². The molecule has 2 aromatic carbocycles. The first-order valence-electron chi connectivity index (χ1n) is 11.3. The number of nitrogens with zero attached hydrogens (tertiary/aromatic N) is 4. The molecule has 1 N–H and O–H groups in total. The molecule has 4 rings (SSSR count). The third-order valence-corrected chi connectivity index (χ3v) is 7.78. The largest absolute Gasteiger partial charge is 0.377 e. The van der Waals surface area contributed by atoms with E-state index in [1.807, 2.05) is 43.0 Å². The smallest absolute Gasteiger partial charge is 0.259 e. The minimum atomic E-state index is -3.26. The van der Waals surface area contributed by atoms with Crippen molar-refractivity contribution in [3.8, 4) is 6.07 Å². The zero-order chi connectivity index (χ0) is 25.5. The number of nitriles is 1. The Morgan fingerprint density at radius 3 is 2.40 bits per heavy atom. The molecule has 0 amide bonds. The predicted octanol–water partition coefficient (Wildman–Crippen LogP) is 3.11. The lowest BCUT2D eigenvalue weighted by Crippen LogP contribution is -2.49. The Hall–Kier alpha value is -3.42. The number of aryl methyl sites for hydroxylation is 1. The zero-order valence-electron chi connectivity index (χ0n) is 20.2. The Balaban J connectivity index is 1.76. The monoisotopic (exact) mass is 497 g/mol. The second-order valence-corrected chi connectivity index (χ2v) is 11.0. The van der Waals surface area contributed by atoms with Crippen LogP contribution in [0.4, 0.5) is 15.9 Å². The number of aromatic nitrogens is 1. The summed E-state index contributed by atoms with van der Waals surface area (Å²) in [6.07, 6.45) is 1.20. The second-order valence-electron chi connectivity index (χ2n) is 9.00. The molecule has 0 spiro atoms. The van der Waals surface area contributed by atoms with Gasteiger partial charge in [-0.1, -0.05) is 6.07 Å². The molecule has 0 bridgehead atoms. The van der Waals surface area contributed by atoms with Crippen molar-refractivity contribution in [2.24, 2.45) is 7.05 Å². The highest BCUT2D eigenvalue weighted by Gasteiger charge is 2.25. The number of hydrogen-bond donors (Lipinski definition) is 1. The van der Waals surface area contributed by atoms with E-state index in [0.29, 0.717) is 43.1 Å². The van der Waals surface area contributed by atoms with Crippen molar-refractivity contribution in [2.45, 2.75) is 19.9 Å². The maximum Gasteiger partial charge on any atom is 0.259 e. The minimum Gasteiger partial charge on any atom is -0.377 e. The van der Waals surface area contributed by atoms with Crippen molar-refractivity contribution < 1.29 is 12.8 Å². The number of halogens is 1. The lowest BCUT2D eigenvalue weighted by atomic mass is 9.97. The quantitative estimate of drug-likeness (QED) is 0.582.